The topological polar surface area (TPSA) is 25.2 Å². The van der Waals surface area contributed by atoms with E-state index in [9.17, 15) is 0 Å². The first kappa shape index (κ1) is 10.5. The first-order chi connectivity index (χ1) is 7.22. The van der Waals surface area contributed by atoms with Crippen LogP contribution in [0.3, 0.4) is 0 Å². The van der Waals surface area contributed by atoms with Crippen LogP contribution < -0.4 is 5.32 Å². The van der Waals surface area contributed by atoms with Crippen LogP contribution in [0.4, 0.5) is 0 Å². The van der Waals surface area contributed by atoms with Gasteiger partial charge in [0.25, 0.3) is 0 Å². The number of hydrogen-bond donors (Lipinski definition) is 1. The summed E-state index contributed by atoms with van der Waals surface area (Å²) >= 11 is 6.32. The van der Waals surface area contributed by atoms with Crippen LogP contribution in [-0.2, 0) is 0 Å². The minimum Gasteiger partial charge on any atom is -0.464 e. The lowest BCUT2D eigenvalue weighted by atomic mass is 10.1. The molecule has 15 heavy (non-hydrogen) atoms. The fourth-order valence-corrected chi connectivity index (χ4v) is 1.84. The predicted molar refractivity (Wildman–Crippen MR) is 63.3 cm³/mol. The Morgan fingerprint density at radius 1 is 1.33 bits per heavy atom. The molecule has 2 aromatic rings. The summed E-state index contributed by atoms with van der Waals surface area (Å²) in [6, 6.07) is 8.26. The maximum Gasteiger partial charge on any atom is 0.134 e. The van der Waals surface area contributed by atoms with Crippen molar-refractivity contribution < 1.29 is 4.42 Å². The van der Waals surface area contributed by atoms with Gasteiger partial charge in [-0.2, -0.15) is 0 Å². The van der Waals surface area contributed by atoms with Crippen molar-refractivity contribution in [3.05, 3.63) is 36.1 Å². The van der Waals surface area contributed by atoms with Crippen molar-refractivity contribution in [3.63, 3.8) is 0 Å². The monoisotopic (exact) mass is 223 g/mol. The van der Waals surface area contributed by atoms with E-state index < -0.39 is 0 Å². The number of benzene rings is 1. The van der Waals surface area contributed by atoms with Crippen molar-refractivity contribution in [2.24, 2.45) is 0 Å². The van der Waals surface area contributed by atoms with Crippen LogP contribution in [0, 0.1) is 0 Å². The molecular weight excluding hydrogens is 210 g/mol. The van der Waals surface area contributed by atoms with E-state index >= 15 is 0 Å². The molecule has 1 aromatic carbocycles. The van der Waals surface area contributed by atoms with Crippen LogP contribution in [0.25, 0.3) is 11.0 Å². The van der Waals surface area contributed by atoms with Gasteiger partial charge in [-0.25, -0.2) is 0 Å². The van der Waals surface area contributed by atoms with Crippen LogP contribution in [-0.4, -0.2) is 13.1 Å². The van der Waals surface area contributed by atoms with Crippen molar-refractivity contribution in [1.29, 1.82) is 0 Å². The molecule has 0 fully saturated rings. The molecule has 0 bridgehead atoms. The minimum absolute atomic E-state index is 0.0375. The molecule has 1 aromatic heterocycles. The molecule has 0 amide bonds. The molecule has 2 nitrogen and oxygen atoms in total. The molecule has 0 saturated carbocycles. The third kappa shape index (κ3) is 2.01. The average molecular weight is 224 g/mol. The number of likely N-dealkylation sites (N-methyl/N-ethyl adjacent to an activating group) is 1. The van der Waals surface area contributed by atoms with Crippen molar-refractivity contribution in [1.82, 2.24) is 5.32 Å². The van der Waals surface area contributed by atoms with Crippen molar-refractivity contribution in [2.75, 3.05) is 7.05 Å². The highest BCUT2D eigenvalue weighted by molar-refractivity contribution is 6.21. The summed E-state index contributed by atoms with van der Waals surface area (Å²) in [5.74, 6) is 0. The lowest BCUT2D eigenvalue weighted by Crippen LogP contribution is -2.25. The number of halogens is 1. The number of furan rings is 1. The van der Waals surface area contributed by atoms with Gasteiger partial charge in [-0.3, -0.25) is 0 Å². The second kappa shape index (κ2) is 4.25. The first-order valence-electron chi connectivity index (χ1n) is 5.01. The summed E-state index contributed by atoms with van der Waals surface area (Å²) in [6.07, 6.45) is 1.69. The van der Waals surface area contributed by atoms with E-state index in [0.29, 0.717) is 0 Å². The fraction of sp³-hybridized carbons (Fsp3) is 0.333. The second-order valence-electron chi connectivity index (χ2n) is 3.70. The van der Waals surface area contributed by atoms with Crippen LogP contribution in [0.1, 0.15) is 17.9 Å². The van der Waals surface area contributed by atoms with Gasteiger partial charge in [-0.05, 0) is 31.7 Å². The molecule has 2 rings (SSSR count). The number of hydrogen-bond acceptors (Lipinski definition) is 2. The number of rotatable bonds is 3. The van der Waals surface area contributed by atoms with Crippen LogP contribution in [0.15, 0.2) is 34.9 Å². The molecule has 0 saturated heterocycles. The highest BCUT2D eigenvalue weighted by Gasteiger charge is 2.15. The Morgan fingerprint density at radius 3 is 2.87 bits per heavy atom. The highest BCUT2D eigenvalue weighted by atomic mass is 35.5. The van der Waals surface area contributed by atoms with E-state index in [1.807, 2.05) is 31.3 Å². The predicted octanol–water partition coefficient (Wildman–Crippen LogP) is 3.32. The van der Waals surface area contributed by atoms with Gasteiger partial charge < -0.3 is 9.73 Å². The maximum absolute atomic E-state index is 6.32. The minimum atomic E-state index is -0.0375. The molecule has 0 spiro atoms. The molecule has 2 unspecified atom stereocenters. The number of alkyl halides is 1. The van der Waals surface area contributed by atoms with Gasteiger partial charge in [-0.15, -0.1) is 11.6 Å². The lowest BCUT2D eigenvalue weighted by molar-refractivity contribution is 0.589. The SMILES string of the molecule is CNC(C)C(Cl)c1ccc2ccoc2c1. The van der Waals surface area contributed by atoms with E-state index in [2.05, 4.69) is 12.2 Å². The largest absolute Gasteiger partial charge is 0.464 e. The fourth-order valence-electron chi connectivity index (χ4n) is 1.58. The van der Waals surface area contributed by atoms with Crippen molar-refractivity contribution >= 4 is 22.6 Å². The zero-order valence-electron chi connectivity index (χ0n) is 8.83. The molecule has 0 aliphatic carbocycles. The first-order valence-corrected chi connectivity index (χ1v) is 5.44. The van der Waals surface area contributed by atoms with Crippen molar-refractivity contribution in [3.8, 4) is 0 Å². The Hall–Kier alpha value is -0.990. The second-order valence-corrected chi connectivity index (χ2v) is 4.17. The van der Waals surface area contributed by atoms with E-state index in [1.54, 1.807) is 6.26 Å². The highest BCUT2D eigenvalue weighted by Crippen LogP contribution is 2.27. The van der Waals surface area contributed by atoms with E-state index in [4.69, 9.17) is 16.0 Å². The molecule has 0 aliphatic rings. The smallest absolute Gasteiger partial charge is 0.134 e. The van der Waals surface area contributed by atoms with E-state index in [-0.39, 0.29) is 11.4 Å². The summed E-state index contributed by atoms with van der Waals surface area (Å²) < 4.78 is 5.34. The summed E-state index contributed by atoms with van der Waals surface area (Å²) in [5.41, 5.74) is 1.97. The third-order valence-corrected chi connectivity index (χ3v) is 3.32. The molecule has 1 N–H and O–H groups in total. The van der Waals surface area contributed by atoms with Gasteiger partial charge in [0.2, 0.25) is 0 Å². The third-order valence-electron chi connectivity index (χ3n) is 2.69. The van der Waals surface area contributed by atoms with Gasteiger partial charge in [0.05, 0.1) is 11.6 Å². The summed E-state index contributed by atoms with van der Waals surface area (Å²) in [7, 11) is 1.91. The molecule has 0 radical (unpaired) electrons. The van der Waals surface area contributed by atoms with Gasteiger partial charge in [0.1, 0.15) is 5.58 Å². The van der Waals surface area contributed by atoms with Gasteiger partial charge in [-0.1, -0.05) is 12.1 Å². The van der Waals surface area contributed by atoms with Gasteiger partial charge >= 0.3 is 0 Å². The van der Waals surface area contributed by atoms with Gasteiger partial charge in [0, 0.05) is 11.4 Å². The maximum atomic E-state index is 6.32. The summed E-state index contributed by atoms with van der Waals surface area (Å²) in [5, 5.41) is 4.22. The lowest BCUT2D eigenvalue weighted by Gasteiger charge is -2.17. The zero-order chi connectivity index (χ0) is 10.8. The Labute approximate surface area is 94.2 Å². The van der Waals surface area contributed by atoms with E-state index in [0.717, 1.165) is 16.5 Å². The number of fused-ring (bicyclic) bond motifs is 1. The van der Waals surface area contributed by atoms with E-state index in [1.165, 1.54) is 0 Å². The van der Waals surface area contributed by atoms with Gasteiger partial charge in [0.15, 0.2) is 0 Å². The number of nitrogens with one attached hydrogen (secondary N) is 1. The molecular formula is C12H14ClNO. The zero-order valence-corrected chi connectivity index (χ0v) is 9.58. The molecule has 1 heterocycles. The van der Waals surface area contributed by atoms with Crippen LogP contribution >= 0.6 is 11.6 Å². The Bertz CT molecular complexity index is 452. The molecule has 0 aliphatic heterocycles. The Kier molecular flexibility index (Phi) is 2.98. The quantitative estimate of drug-likeness (QED) is 0.808. The van der Waals surface area contributed by atoms with Crippen LogP contribution in [0.2, 0.25) is 0 Å². The normalized spacial score (nSPS) is 15.4. The standard InChI is InChI=1S/C12H14ClNO/c1-8(14-2)12(13)10-4-3-9-5-6-15-11(9)7-10/h3-8,12,14H,1-2H3. The molecule has 80 valence electrons. The summed E-state index contributed by atoms with van der Waals surface area (Å²) in [6.45, 7) is 2.06. The Morgan fingerprint density at radius 2 is 2.13 bits per heavy atom. The van der Waals surface area contributed by atoms with Crippen LogP contribution in [0.5, 0.6) is 0 Å². The molecule has 3 heteroatoms. The summed E-state index contributed by atoms with van der Waals surface area (Å²) in [4.78, 5) is 0. The Balaban J connectivity index is 2.35. The van der Waals surface area contributed by atoms with Crippen molar-refractivity contribution in [2.45, 2.75) is 18.3 Å². The molecule has 2 atom stereocenters. The average Bonchev–Trinajstić information content (AvgIpc) is 2.73.